The number of hydrogen-bond donors (Lipinski definition) is 3. The maximum Gasteiger partial charge on any atom is 0.235 e. The summed E-state index contributed by atoms with van der Waals surface area (Å²) in [7, 11) is 1.48. The molecule has 1 rings (SSSR count). The fourth-order valence-electron chi connectivity index (χ4n) is 1.94. The summed E-state index contributed by atoms with van der Waals surface area (Å²) in [5.41, 5.74) is 1.83. The van der Waals surface area contributed by atoms with E-state index in [0.717, 1.165) is 0 Å². The quantitative estimate of drug-likeness (QED) is 0.597. The van der Waals surface area contributed by atoms with Gasteiger partial charge in [0.1, 0.15) is 17.5 Å². The van der Waals surface area contributed by atoms with Gasteiger partial charge in [0, 0.05) is 37.3 Å². The number of alkyl halides is 2. The fourth-order valence-corrected chi connectivity index (χ4v) is 2.13. The summed E-state index contributed by atoms with van der Waals surface area (Å²) in [4.78, 5) is 34.0. The van der Waals surface area contributed by atoms with Gasteiger partial charge in [0.05, 0.1) is 7.11 Å². The predicted octanol–water partition coefficient (Wildman–Crippen LogP) is 1.36. The number of halogens is 2. The van der Waals surface area contributed by atoms with Gasteiger partial charge in [-0.1, -0.05) is 0 Å². The van der Waals surface area contributed by atoms with E-state index in [0.29, 0.717) is 22.6 Å². The van der Waals surface area contributed by atoms with Gasteiger partial charge in [0.15, 0.2) is 0 Å². The standard InChI is InChI=1S/C15H19Cl2N3O4/c1-9(21)20-12-4-13(24-2)11(8-19-15(23)6-17)3-10(12)7-18-14(22)5-16/h3-4H,5-8H2,1-2H3,(H,18,22)(H,19,23)(H,20,21). The summed E-state index contributed by atoms with van der Waals surface area (Å²) < 4.78 is 5.29. The Kier molecular flexibility index (Phi) is 8.35. The number of nitrogens with one attached hydrogen (secondary N) is 3. The minimum absolute atomic E-state index is 0.148. The van der Waals surface area contributed by atoms with Crippen LogP contribution in [0, 0.1) is 0 Å². The van der Waals surface area contributed by atoms with Crippen LogP contribution >= 0.6 is 23.2 Å². The van der Waals surface area contributed by atoms with Crippen LogP contribution in [-0.4, -0.2) is 36.6 Å². The van der Waals surface area contributed by atoms with Crippen molar-refractivity contribution in [2.45, 2.75) is 20.0 Å². The predicted molar refractivity (Wildman–Crippen MR) is 92.4 cm³/mol. The maximum atomic E-state index is 11.4. The SMILES string of the molecule is COc1cc(NC(C)=O)c(CNC(=O)CCl)cc1CNC(=O)CCl. The third-order valence-corrected chi connectivity index (χ3v) is 3.50. The van der Waals surface area contributed by atoms with E-state index in [-0.39, 0.29) is 42.6 Å². The number of ether oxygens (including phenoxy) is 1. The Bertz CT molecular complexity index is 623. The lowest BCUT2D eigenvalue weighted by Gasteiger charge is -2.16. The van der Waals surface area contributed by atoms with E-state index in [2.05, 4.69) is 16.0 Å². The number of benzene rings is 1. The van der Waals surface area contributed by atoms with Crippen molar-refractivity contribution in [2.24, 2.45) is 0 Å². The minimum Gasteiger partial charge on any atom is -0.496 e. The van der Waals surface area contributed by atoms with Crippen molar-refractivity contribution in [3.8, 4) is 5.75 Å². The Labute approximate surface area is 150 Å². The number of rotatable bonds is 8. The van der Waals surface area contributed by atoms with Crippen LogP contribution < -0.4 is 20.7 Å². The molecule has 0 aliphatic carbocycles. The van der Waals surface area contributed by atoms with Crippen molar-refractivity contribution >= 4 is 46.6 Å². The molecule has 132 valence electrons. The van der Waals surface area contributed by atoms with Gasteiger partial charge < -0.3 is 20.7 Å². The first-order chi connectivity index (χ1) is 11.4. The van der Waals surface area contributed by atoms with Crippen molar-refractivity contribution < 1.29 is 19.1 Å². The largest absolute Gasteiger partial charge is 0.496 e. The van der Waals surface area contributed by atoms with Crippen LogP contribution in [0.3, 0.4) is 0 Å². The van der Waals surface area contributed by atoms with E-state index >= 15 is 0 Å². The number of amides is 3. The molecule has 3 N–H and O–H groups in total. The van der Waals surface area contributed by atoms with Crippen LogP contribution in [0.2, 0.25) is 0 Å². The molecule has 9 heteroatoms. The van der Waals surface area contributed by atoms with E-state index in [9.17, 15) is 14.4 Å². The van der Waals surface area contributed by atoms with Crippen LogP contribution in [0.15, 0.2) is 12.1 Å². The van der Waals surface area contributed by atoms with E-state index in [4.69, 9.17) is 27.9 Å². The highest BCUT2D eigenvalue weighted by atomic mass is 35.5. The molecule has 3 amide bonds. The average molecular weight is 376 g/mol. The molecule has 0 spiro atoms. The van der Waals surface area contributed by atoms with Gasteiger partial charge in [-0.2, -0.15) is 0 Å². The Hall–Kier alpha value is -1.99. The van der Waals surface area contributed by atoms with Gasteiger partial charge in [-0.3, -0.25) is 14.4 Å². The Morgan fingerprint density at radius 1 is 1.00 bits per heavy atom. The van der Waals surface area contributed by atoms with Crippen LogP contribution in [0.5, 0.6) is 5.75 Å². The van der Waals surface area contributed by atoms with Crippen molar-refractivity contribution in [1.82, 2.24) is 10.6 Å². The minimum atomic E-state index is -0.335. The Morgan fingerprint density at radius 2 is 1.54 bits per heavy atom. The first kappa shape index (κ1) is 20.1. The van der Waals surface area contributed by atoms with Crippen LogP contribution in [0.1, 0.15) is 18.1 Å². The molecule has 1 aromatic carbocycles. The molecule has 0 saturated carbocycles. The second-order valence-corrected chi connectivity index (χ2v) is 5.36. The molecule has 0 fully saturated rings. The van der Waals surface area contributed by atoms with E-state index in [1.807, 2.05) is 0 Å². The Morgan fingerprint density at radius 3 is 2.00 bits per heavy atom. The number of carbonyl (C=O) groups excluding carboxylic acids is 3. The topological polar surface area (TPSA) is 96.5 Å². The lowest BCUT2D eigenvalue weighted by atomic mass is 10.1. The number of methoxy groups -OCH3 is 1. The molecule has 0 aliphatic heterocycles. The monoisotopic (exact) mass is 375 g/mol. The summed E-state index contributed by atoms with van der Waals surface area (Å²) in [5, 5.41) is 7.95. The second kappa shape index (κ2) is 10.00. The molecule has 0 radical (unpaired) electrons. The third kappa shape index (κ3) is 6.25. The van der Waals surface area contributed by atoms with Gasteiger partial charge in [-0.15, -0.1) is 23.2 Å². The molecule has 0 bridgehead atoms. The molecule has 0 saturated heterocycles. The van der Waals surface area contributed by atoms with Crippen LogP contribution in [0.25, 0.3) is 0 Å². The van der Waals surface area contributed by atoms with Gasteiger partial charge in [-0.05, 0) is 11.6 Å². The summed E-state index contributed by atoms with van der Waals surface area (Å²) in [6.07, 6.45) is 0. The van der Waals surface area contributed by atoms with Gasteiger partial charge in [0.25, 0.3) is 0 Å². The first-order valence-corrected chi connectivity index (χ1v) is 8.10. The summed E-state index contributed by atoms with van der Waals surface area (Å²) >= 11 is 10.9. The zero-order chi connectivity index (χ0) is 18.1. The third-order valence-electron chi connectivity index (χ3n) is 3.01. The number of carbonyl (C=O) groups is 3. The lowest BCUT2D eigenvalue weighted by molar-refractivity contribution is -0.119. The molecule has 0 aromatic heterocycles. The van der Waals surface area contributed by atoms with E-state index < -0.39 is 0 Å². The molecular formula is C15H19Cl2N3O4. The van der Waals surface area contributed by atoms with Crippen molar-refractivity contribution in [3.63, 3.8) is 0 Å². The number of anilines is 1. The summed E-state index contributed by atoms with van der Waals surface area (Å²) in [6.45, 7) is 1.75. The Balaban J connectivity index is 3.11. The highest BCUT2D eigenvalue weighted by Gasteiger charge is 2.13. The highest BCUT2D eigenvalue weighted by molar-refractivity contribution is 6.27. The average Bonchev–Trinajstić information content (AvgIpc) is 2.57. The highest BCUT2D eigenvalue weighted by Crippen LogP contribution is 2.27. The van der Waals surface area contributed by atoms with Crippen molar-refractivity contribution in [2.75, 3.05) is 24.2 Å². The maximum absolute atomic E-state index is 11.4. The molecule has 1 aromatic rings. The number of hydrogen-bond acceptors (Lipinski definition) is 4. The van der Waals surface area contributed by atoms with E-state index in [1.165, 1.54) is 14.0 Å². The first-order valence-electron chi connectivity index (χ1n) is 7.04. The molecule has 0 atom stereocenters. The van der Waals surface area contributed by atoms with Gasteiger partial charge >= 0.3 is 0 Å². The zero-order valence-electron chi connectivity index (χ0n) is 13.4. The zero-order valence-corrected chi connectivity index (χ0v) is 14.9. The summed E-state index contributed by atoms with van der Waals surface area (Å²) in [6, 6.07) is 3.36. The molecule has 7 nitrogen and oxygen atoms in total. The van der Waals surface area contributed by atoms with Crippen molar-refractivity contribution in [1.29, 1.82) is 0 Å². The molecule has 24 heavy (non-hydrogen) atoms. The second-order valence-electron chi connectivity index (χ2n) is 4.82. The van der Waals surface area contributed by atoms with Gasteiger partial charge in [0.2, 0.25) is 17.7 Å². The fraction of sp³-hybridized carbons (Fsp3) is 0.400. The van der Waals surface area contributed by atoms with Crippen molar-refractivity contribution in [3.05, 3.63) is 23.3 Å². The smallest absolute Gasteiger partial charge is 0.235 e. The molecule has 0 aliphatic rings. The molecular weight excluding hydrogens is 357 g/mol. The van der Waals surface area contributed by atoms with Gasteiger partial charge in [-0.25, -0.2) is 0 Å². The van der Waals surface area contributed by atoms with E-state index in [1.54, 1.807) is 12.1 Å². The van der Waals surface area contributed by atoms with Crippen LogP contribution in [0.4, 0.5) is 5.69 Å². The summed E-state index contributed by atoms with van der Waals surface area (Å²) in [5.74, 6) is -0.735. The normalized spacial score (nSPS) is 10.0. The molecule has 0 heterocycles. The van der Waals surface area contributed by atoms with Crippen LogP contribution in [-0.2, 0) is 27.5 Å². The lowest BCUT2D eigenvalue weighted by Crippen LogP contribution is -2.26. The molecule has 0 unspecified atom stereocenters.